The van der Waals surface area contributed by atoms with Gasteiger partial charge in [0.05, 0.1) is 6.04 Å². The molecule has 1 amide bonds. The van der Waals surface area contributed by atoms with E-state index >= 15 is 0 Å². The quantitative estimate of drug-likeness (QED) is 0.662. The number of aryl methyl sites for hydroxylation is 2. The zero-order valence-corrected chi connectivity index (χ0v) is 17.9. The van der Waals surface area contributed by atoms with Crippen LogP contribution in [0, 0.1) is 13.8 Å². The maximum atomic E-state index is 13.2. The Morgan fingerprint density at radius 2 is 1.93 bits per heavy atom. The number of para-hydroxylation sites is 1. The van der Waals surface area contributed by atoms with Crippen LogP contribution < -0.4 is 10.1 Å². The van der Waals surface area contributed by atoms with Crippen molar-refractivity contribution in [2.45, 2.75) is 44.8 Å². The first-order valence-corrected chi connectivity index (χ1v) is 10.8. The van der Waals surface area contributed by atoms with Gasteiger partial charge in [0.15, 0.2) is 0 Å². The van der Waals surface area contributed by atoms with Gasteiger partial charge in [0.25, 0.3) is 5.91 Å². The molecule has 0 bridgehead atoms. The number of nitrogens with zero attached hydrogens (tertiary/aromatic N) is 1. The molecule has 156 valence electrons. The van der Waals surface area contributed by atoms with E-state index in [-0.39, 0.29) is 17.6 Å². The molecular formula is C25H29N3O2. The molecule has 3 heterocycles. The van der Waals surface area contributed by atoms with Gasteiger partial charge in [0, 0.05) is 47.2 Å². The lowest BCUT2D eigenvalue weighted by atomic mass is 9.80. The smallest absolute Gasteiger partial charge is 0.251 e. The van der Waals surface area contributed by atoms with Gasteiger partial charge in [-0.3, -0.25) is 4.79 Å². The Balaban J connectivity index is 1.44. The summed E-state index contributed by atoms with van der Waals surface area (Å²) in [5, 5.41) is 4.43. The van der Waals surface area contributed by atoms with E-state index in [0.29, 0.717) is 5.56 Å². The van der Waals surface area contributed by atoms with Crippen molar-refractivity contribution in [2.24, 2.45) is 0 Å². The number of nitrogens with one attached hydrogen (secondary N) is 2. The number of aromatic amines is 1. The summed E-state index contributed by atoms with van der Waals surface area (Å²) in [6, 6.07) is 14.0. The zero-order valence-electron chi connectivity index (χ0n) is 17.9. The van der Waals surface area contributed by atoms with Gasteiger partial charge < -0.3 is 19.9 Å². The molecule has 5 heteroatoms. The van der Waals surface area contributed by atoms with Gasteiger partial charge in [-0.15, -0.1) is 0 Å². The Bertz CT molecular complexity index is 1110. The minimum absolute atomic E-state index is 0.0278. The second-order valence-electron chi connectivity index (χ2n) is 8.99. The number of benzene rings is 2. The van der Waals surface area contributed by atoms with Gasteiger partial charge in [-0.05, 0) is 63.6 Å². The number of likely N-dealkylation sites (tertiary alicyclic amines) is 1. The summed E-state index contributed by atoms with van der Waals surface area (Å²) in [7, 11) is 2.16. The number of aromatic nitrogens is 1. The SMILES string of the molecule is Cc1[nH]c2ccc(C(=O)N[C@H]3CC4(CCN(C)CC4)Oc4ccccc43)cc2c1C. The van der Waals surface area contributed by atoms with Crippen molar-refractivity contribution in [3.8, 4) is 5.75 Å². The minimum Gasteiger partial charge on any atom is -0.487 e. The van der Waals surface area contributed by atoms with Crippen LogP contribution in [0.2, 0.25) is 0 Å². The van der Waals surface area contributed by atoms with E-state index in [2.05, 4.69) is 42.2 Å². The third-order valence-corrected chi connectivity index (χ3v) is 6.97. The molecule has 5 nitrogen and oxygen atoms in total. The van der Waals surface area contributed by atoms with Crippen molar-refractivity contribution < 1.29 is 9.53 Å². The predicted molar refractivity (Wildman–Crippen MR) is 119 cm³/mol. The fourth-order valence-electron chi connectivity index (χ4n) is 4.92. The first kappa shape index (κ1) is 19.2. The first-order chi connectivity index (χ1) is 14.4. The van der Waals surface area contributed by atoms with Gasteiger partial charge in [0.1, 0.15) is 11.4 Å². The van der Waals surface area contributed by atoms with Crippen molar-refractivity contribution >= 4 is 16.8 Å². The van der Waals surface area contributed by atoms with Crippen LogP contribution >= 0.6 is 0 Å². The fourth-order valence-corrected chi connectivity index (χ4v) is 4.92. The van der Waals surface area contributed by atoms with Crippen molar-refractivity contribution in [1.29, 1.82) is 0 Å². The number of fused-ring (bicyclic) bond motifs is 2. The summed E-state index contributed by atoms with van der Waals surface area (Å²) < 4.78 is 6.52. The van der Waals surface area contributed by atoms with Crippen LogP contribution in [0.4, 0.5) is 0 Å². The number of H-pyrrole nitrogens is 1. The second-order valence-corrected chi connectivity index (χ2v) is 8.99. The van der Waals surface area contributed by atoms with Crippen LogP contribution in [-0.4, -0.2) is 41.5 Å². The van der Waals surface area contributed by atoms with Gasteiger partial charge in [-0.2, -0.15) is 0 Å². The van der Waals surface area contributed by atoms with Crippen LogP contribution in [0.5, 0.6) is 5.75 Å². The number of hydrogen-bond acceptors (Lipinski definition) is 3. The summed E-state index contributed by atoms with van der Waals surface area (Å²) in [5.74, 6) is 0.881. The highest BCUT2D eigenvalue weighted by molar-refractivity contribution is 5.99. The highest BCUT2D eigenvalue weighted by Gasteiger charge is 2.43. The average molecular weight is 404 g/mol. The minimum atomic E-state index is -0.197. The lowest BCUT2D eigenvalue weighted by Gasteiger charge is -2.46. The van der Waals surface area contributed by atoms with Crippen LogP contribution in [0.1, 0.15) is 52.5 Å². The summed E-state index contributed by atoms with van der Waals surface area (Å²) in [6.45, 7) is 6.20. The average Bonchev–Trinajstić information content (AvgIpc) is 3.03. The molecule has 2 aliphatic rings. The largest absolute Gasteiger partial charge is 0.487 e. The third-order valence-electron chi connectivity index (χ3n) is 6.97. The molecule has 2 aliphatic heterocycles. The molecule has 0 radical (unpaired) electrons. The number of carbonyl (C=O) groups is 1. The highest BCUT2D eigenvalue weighted by atomic mass is 16.5. The van der Waals surface area contributed by atoms with E-state index in [0.717, 1.165) is 60.3 Å². The van der Waals surface area contributed by atoms with Crippen LogP contribution in [0.15, 0.2) is 42.5 Å². The summed E-state index contributed by atoms with van der Waals surface area (Å²) >= 11 is 0. The molecule has 5 rings (SSSR count). The Hall–Kier alpha value is -2.79. The third kappa shape index (κ3) is 3.27. The molecule has 1 saturated heterocycles. The van der Waals surface area contributed by atoms with E-state index in [1.54, 1.807) is 0 Å². The molecule has 2 N–H and O–H groups in total. The van der Waals surface area contributed by atoms with E-state index in [4.69, 9.17) is 4.74 Å². The summed E-state index contributed by atoms with van der Waals surface area (Å²) in [4.78, 5) is 19.0. The standard InChI is InChI=1S/C25H29N3O2/c1-16-17(2)26-21-9-8-18(14-20(16)21)24(29)27-22-15-25(10-12-28(3)13-11-25)30-23-7-5-4-6-19(22)23/h4-9,14,22,26H,10-13,15H2,1-3H3,(H,27,29)/t22-/m0/s1. The molecule has 1 aromatic heterocycles. The van der Waals surface area contributed by atoms with E-state index in [9.17, 15) is 4.79 Å². The normalized spacial score (nSPS) is 20.7. The van der Waals surface area contributed by atoms with Crippen molar-refractivity contribution in [1.82, 2.24) is 15.2 Å². The molecule has 0 unspecified atom stereocenters. The Morgan fingerprint density at radius 3 is 2.73 bits per heavy atom. The maximum absolute atomic E-state index is 13.2. The molecule has 1 spiro atoms. The Morgan fingerprint density at radius 1 is 1.17 bits per heavy atom. The van der Waals surface area contributed by atoms with E-state index in [1.807, 2.05) is 36.4 Å². The molecule has 1 atom stereocenters. The topological polar surface area (TPSA) is 57.4 Å². The second kappa shape index (κ2) is 7.17. The lowest BCUT2D eigenvalue weighted by Crippen LogP contribution is -2.51. The summed E-state index contributed by atoms with van der Waals surface area (Å²) in [6.07, 6.45) is 2.78. The molecular weight excluding hydrogens is 374 g/mol. The van der Waals surface area contributed by atoms with Crippen molar-refractivity contribution in [2.75, 3.05) is 20.1 Å². The zero-order chi connectivity index (χ0) is 20.9. The van der Waals surface area contributed by atoms with Gasteiger partial charge >= 0.3 is 0 Å². The molecule has 2 aromatic carbocycles. The molecule has 1 fully saturated rings. The number of piperidine rings is 1. The Labute approximate surface area is 177 Å². The van der Waals surface area contributed by atoms with Crippen LogP contribution in [0.3, 0.4) is 0 Å². The lowest BCUT2D eigenvalue weighted by molar-refractivity contribution is -0.0195. The number of amides is 1. The van der Waals surface area contributed by atoms with Crippen molar-refractivity contribution in [3.05, 3.63) is 64.8 Å². The predicted octanol–water partition coefficient (Wildman–Crippen LogP) is 4.50. The van der Waals surface area contributed by atoms with E-state index in [1.165, 1.54) is 5.56 Å². The fraction of sp³-hybridized carbons (Fsp3) is 0.400. The molecule has 30 heavy (non-hydrogen) atoms. The Kier molecular flexibility index (Phi) is 4.58. The molecule has 0 saturated carbocycles. The van der Waals surface area contributed by atoms with Crippen molar-refractivity contribution in [3.63, 3.8) is 0 Å². The monoisotopic (exact) mass is 403 g/mol. The summed E-state index contributed by atoms with van der Waals surface area (Å²) in [5.41, 5.74) is 4.99. The van der Waals surface area contributed by atoms with Crippen LogP contribution in [0.25, 0.3) is 10.9 Å². The number of hydrogen-bond donors (Lipinski definition) is 2. The van der Waals surface area contributed by atoms with E-state index < -0.39 is 0 Å². The number of rotatable bonds is 2. The number of ether oxygens (including phenoxy) is 1. The molecule has 3 aromatic rings. The van der Waals surface area contributed by atoms with Crippen LogP contribution in [-0.2, 0) is 0 Å². The van der Waals surface area contributed by atoms with Gasteiger partial charge in [0.2, 0.25) is 0 Å². The van der Waals surface area contributed by atoms with Gasteiger partial charge in [-0.25, -0.2) is 0 Å². The first-order valence-electron chi connectivity index (χ1n) is 10.8. The highest BCUT2D eigenvalue weighted by Crippen LogP contribution is 2.44. The van der Waals surface area contributed by atoms with Gasteiger partial charge in [-0.1, -0.05) is 18.2 Å². The molecule has 0 aliphatic carbocycles. The number of carbonyl (C=O) groups excluding carboxylic acids is 1. The maximum Gasteiger partial charge on any atom is 0.251 e.